The van der Waals surface area contributed by atoms with E-state index in [-0.39, 0.29) is 6.04 Å². The van der Waals surface area contributed by atoms with E-state index in [1.807, 2.05) is 0 Å². The van der Waals surface area contributed by atoms with E-state index in [9.17, 15) is 0 Å². The molecule has 2 rings (SSSR count). The van der Waals surface area contributed by atoms with Gasteiger partial charge >= 0.3 is 0 Å². The molecule has 0 spiro atoms. The van der Waals surface area contributed by atoms with Gasteiger partial charge in [-0.25, -0.2) is 0 Å². The van der Waals surface area contributed by atoms with Crippen molar-refractivity contribution in [2.45, 2.75) is 32.7 Å². The van der Waals surface area contributed by atoms with E-state index in [0.717, 1.165) is 13.1 Å². The van der Waals surface area contributed by atoms with Gasteiger partial charge in [-0.05, 0) is 56.8 Å². The van der Waals surface area contributed by atoms with Crippen molar-refractivity contribution in [3.63, 3.8) is 0 Å². The molecule has 1 aromatic carbocycles. The second-order valence-electron chi connectivity index (χ2n) is 4.97. The second-order valence-corrected chi connectivity index (χ2v) is 4.97. The first kappa shape index (κ1) is 11.6. The Labute approximate surface area is 98.2 Å². The van der Waals surface area contributed by atoms with Crippen LogP contribution in [-0.2, 0) is 0 Å². The number of piperidine rings is 1. The highest BCUT2D eigenvalue weighted by molar-refractivity contribution is 5.33. The van der Waals surface area contributed by atoms with E-state index < -0.39 is 0 Å². The Hall–Kier alpha value is -0.860. The summed E-state index contributed by atoms with van der Waals surface area (Å²) in [7, 11) is 0. The number of hydrogen-bond acceptors (Lipinski definition) is 2. The van der Waals surface area contributed by atoms with Crippen molar-refractivity contribution in [3.8, 4) is 0 Å². The van der Waals surface area contributed by atoms with Crippen molar-refractivity contribution in [2.24, 2.45) is 11.7 Å². The fourth-order valence-electron chi connectivity index (χ4n) is 2.66. The molecule has 3 N–H and O–H groups in total. The van der Waals surface area contributed by atoms with Crippen LogP contribution in [0.25, 0.3) is 0 Å². The molecule has 2 heteroatoms. The molecule has 0 unspecified atom stereocenters. The fourth-order valence-corrected chi connectivity index (χ4v) is 2.66. The lowest BCUT2D eigenvalue weighted by atomic mass is 9.84. The molecule has 1 aromatic rings. The van der Waals surface area contributed by atoms with Crippen LogP contribution in [0.1, 0.15) is 35.6 Å². The molecule has 1 aliphatic heterocycles. The molecule has 2 nitrogen and oxygen atoms in total. The fraction of sp³-hybridized carbons (Fsp3) is 0.571. The standard InChI is InChI=1S/C14H22N2/c1-10-3-4-13(11(2)9-10)14(15)12-5-7-16-8-6-12/h3-4,9,12,14,16H,5-8,15H2,1-2H3/t14-/m1/s1. The van der Waals surface area contributed by atoms with Crippen LogP contribution >= 0.6 is 0 Å². The summed E-state index contributed by atoms with van der Waals surface area (Å²) in [6.07, 6.45) is 2.41. The first-order valence-electron chi connectivity index (χ1n) is 6.22. The Morgan fingerprint density at radius 1 is 1.25 bits per heavy atom. The summed E-state index contributed by atoms with van der Waals surface area (Å²) in [4.78, 5) is 0. The van der Waals surface area contributed by atoms with Crippen molar-refractivity contribution in [1.29, 1.82) is 0 Å². The van der Waals surface area contributed by atoms with Gasteiger partial charge in [0, 0.05) is 6.04 Å². The Kier molecular flexibility index (Phi) is 3.62. The second kappa shape index (κ2) is 4.98. The minimum Gasteiger partial charge on any atom is -0.324 e. The summed E-state index contributed by atoms with van der Waals surface area (Å²) in [5, 5.41) is 3.39. The number of benzene rings is 1. The molecule has 0 amide bonds. The predicted molar refractivity (Wildman–Crippen MR) is 68.4 cm³/mol. The highest BCUT2D eigenvalue weighted by atomic mass is 14.9. The van der Waals surface area contributed by atoms with Gasteiger partial charge in [-0.3, -0.25) is 0 Å². The van der Waals surface area contributed by atoms with Crippen molar-refractivity contribution in [1.82, 2.24) is 5.32 Å². The number of rotatable bonds is 2. The summed E-state index contributed by atoms with van der Waals surface area (Å²) in [6, 6.07) is 6.82. The lowest BCUT2D eigenvalue weighted by molar-refractivity contribution is 0.321. The molecule has 0 bridgehead atoms. The van der Waals surface area contributed by atoms with Crippen LogP contribution < -0.4 is 11.1 Å². The average molecular weight is 218 g/mol. The summed E-state index contributed by atoms with van der Waals surface area (Å²) in [6.45, 7) is 6.53. The smallest absolute Gasteiger partial charge is 0.0327 e. The Balaban J connectivity index is 2.15. The molecular formula is C14H22N2. The van der Waals surface area contributed by atoms with Crippen LogP contribution in [0.4, 0.5) is 0 Å². The average Bonchev–Trinajstić information content (AvgIpc) is 2.29. The first-order valence-corrected chi connectivity index (χ1v) is 6.22. The third-order valence-corrected chi connectivity index (χ3v) is 3.68. The van der Waals surface area contributed by atoms with E-state index in [1.54, 1.807) is 0 Å². The van der Waals surface area contributed by atoms with Gasteiger partial charge < -0.3 is 11.1 Å². The van der Waals surface area contributed by atoms with Crippen molar-refractivity contribution in [2.75, 3.05) is 13.1 Å². The van der Waals surface area contributed by atoms with Gasteiger partial charge in [-0.15, -0.1) is 0 Å². The molecule has 1 fully saturated rings. The predicted octanol–water partition coefficient (Wildman–Crippen LogP) is 2.30. The molecule has 0 aromatic heterocycles. The van der Waals surface area contributed by atoms with Gasteiger partial charge in [0.1, 0.15) is 0 Å². The first-order chi connectivity index (χ1) is 7.68. The Bertz CT molecular complexity index is 354. The highest BCUT2D eigenvalue weighted by Gasteiger charge is 2.22. The van der Waals surface area contributed by atoms with Crippen LogP contribution in [-0.4, -0.2) is 13.1 Å². The molecule has 16 heavy (non-hydrogen) atoms. The van der Waals surface area contributed by atoms with Gasteiger partial charge in [0.2, 0.25) is 0 Å². The number of nitrogens with one attached hydrogen (secondary N) is 1. The molecule has 0 saturated carbocycles. The van der Waals surface area contributed by atoms with Gasteiger partial charge in [0.05, 0.1) is 0 Å². The van der Waals surface area contributed by atoms with Crippen LogP contribution in [0, 0.1) is 19.8 Å². The van der Waals surface area contributed by atoms with Crippen LogP contribution in [0.3, 0.4) is 0 Å². The van der Waals surface area contributed by atoms with E-state index in [1.165, 1.54) is 29.5 Å². The van der Waals surface area contributed by atoms with E-state index in [0.29, 0.717) is 5.92 Å². The molecule has 0 aliphatic carbocycles. The third-order valence-electron chi connectivity index (χ3n) is 3.68. The molecule has 88 valence electrons. The largest absolute Gasteiger partial charge is 0.324 e. The lowest BCUT2D eigenvalue weighted by Crippen LogP contribution is -2.34. The van der Waals surface area contributed by atoms with E-state index >= 15 is 0 Å². The van der Waals surface area contributed by atoms with Crippen LogP contribution in [0.15, 0.2) is 18.2 Å². The molecule has 1 atom stereocenters. The molecule has 0 radical (unpaired) electrons. The van der Waals surface area contributed by atoms with E-state index in [2.05, 4.69) is 37.4 Å². The van der Waals surface area contributed by atoms with Gasteiger partial charge in [-0.1, -0.05) is 23.8 Å². The zero-order valence-corrected chi connectivity index (χ0v) is 10.3. The minimum absolute atomic E-state index is 0.211. The molecular weight excluding hydrogens is 196 g/mol. The zero-order chi connectivity index (χ0) is 11.5. The molecule has 1 heterocycles. The summed E-state index contributed by atoms with van der Waals surface area (Å²) >= 11 is 0. The summed E-state index contributed by atoms with van der Waals surface area (Å²) in [5.74, 6) is 0.641. The number of nitrogens with two attached hydrogens (primary N) is 1. The number of hydrogen-bond donors (Lipinski definition) is 2. The van der Waals surface area contributed by atoms with Crippen molar-refractivity contribution in [3.05, 3.63) is 34.9 Å². The Morgan fingerprint density at radius 2 is 1.94 bits per heavy atom. The third kappa shape index (κ3) is 2.45. The molecule has 1 aliphatic rings. The maximum atomic E-state index is 6.39. The Morgan fingerprint density at radius 3 is 2.56 bits per heavy atom. The topological polar surface area (TPSA) is 38.0 Å². The normalized spacial score (nSPS) is 19.7. The van der Waals surface area contributed by atoms with E-state index in [4.69, 9.17) is 5.73 Å². The quantitative estimate of drug-likeness (QED) is 0.799. The van der Waals surface area contributed by atoms with Crippen LogP contribution in [0.5, 0.6) is 0 Å². The molecule has 1 saturated heterocycles. The monoisotopic (exact) mass is 218 g/mol. The van der Waals surface area contributed by atoms with Gasteiger partial charge in [0.15, 0.2) is 0 Å². The number of aryl methyl sites for hydroxylation is 2. The maximum absolute atomic E-state index is 6.39. The summed E-state index contributed by atoms with van der Waals surface area (Å²) < 4.78 is 0. The van der Waals surface area contributed by atoms with Gasteiger partial charge in [0.25, 0.3) is 0 Å². The maximum Gasteiger partial charge on any atom is 0.0327 e. The highest BCUT2D eigenvalue weighted by Crippen LogP contribution is 2.28. The SMILES string of the molecule is Cc1ccc([C@H](N)C2CCNCC2)c(C)c1. The zero-order valence-electron chi connectivity index (χ0n) is 10.3. The van der Waals surface area contributed by atoms with Crippen molar-refractivity contribution < 1.29 is 0 Å². The van der Waals surface area contributed by atoms with Crippen LogP contribution in [0.2, 0.25) is 0 Å². The minimum atomic E-state index is 0.211. The van der Waals surface area contributed by atoms with Gasteiger partial charge in [-0.2, -0.15) is 0 Å². The van der Waals surface area contributed by atoms with Crippen molar-refractivity contribution >= 4 is 0 Å². The lowest BCUT2D eigenvalue weighted by Gasteiger charge is -2.29. The summed E-state index contributed by atoms with van der Waals surface area (Å²) in [5.41, 5.74) is 10.4.